The number of nitrogens with zero attached hydrogens (tertiary/aromatic N) is 1. The number of aryl methyl sites for hydroxylation is 1. The molecule has 0 bridgehead atoms. The molecule has 5 nitrogen and oxygen atoms in total. The molecule has 0 radical (unpaired) electrons. The van der Waals surface area contributed by atoms with Crippen molar-refractivity contribution in [1.82, 2.24) is 10.3 Å². The van der Waals surface area contributed by atoms with Crippen LogP contribution in [0.4, 0.5) is 4.39 Å². The van der Waals surface area contributed by atoms with Gasteiger partial charge < -0.3 is 14.8 Å². The van der Waals surface area contributed by atoms with Gasteiger partial charge in [0.05, 0.1) is 19.2 Å². The molecule has 0 atom stereocenters. The van der Waals surface area contributed by atoms with Crippen LogP contribution in [0.3, 0.4) is 0 Å². The standard InChI is InChI=1S/C21H21FN2O3/c1-4-27-19-11-18(24-20-13(2)8-15(22)10-17(19)20)21(25)23-12-14-6-5-7-16(9-14)26-3/h5-11H,4,12H2,1-3H3,(H,23,25). The Morgan fingerprint density at radius 2 is 2.04 bits per heavy atom. The third-order valence-corrected chi connectivity index (χ3v) is 4.15. The fourth-order valence-electron chi connectivity index (χ4n) is 2.87. The number of methoxy groups -OCH3 is 1. The van der Waals surface area contributed by atoms with E-state index in [2.05, 4.69) is 10.3 Å². The van der Waals surface area contributed by atoms with Crippen LogP contribution in [-0.4, -0.2) is 24.6 Å². The maximum atomic E-state index is 13.8. The van der Waals surface area contributed by atoms with Gasteiger partial charge in [0.25, 0.3) is 5.91 Å². The summed E-state index contributed by atoms with van der Waals surface area (Å²) in [5.41, 5.74) is 2.33. The van der Waals surface area contributed by atoms with E-state index in [4.69, 9.17) is 9.47 Å². The highest BCUT2D eigenvalue weighted by atomic mass is 19.1. The Morgan fingerprint density at radius 3 is 2.78 bits per heavy atom. The van der Waals surface area contributed by atoms with Crippen molar-refractivity contribution in [2.45, 2.75) is 20.4 Å². The lowest BCUT2D eigenvalue weighted by Crippen LogP contribution is -2.24. The highest BCUT2D eigenvalue weighted by molar-refractivity contribution is 5.97. The van der Waals surface area contributed by atoms with Crippen LogP contribution >= 0.6 is 0 Å². The van der Waals surface area contributed by atoms with Gasteiger partial charge >= 0.3 is 0 Å². The number of benzene rings is 2. The molecule has 1 N–H and O–H groups in total. The summed E-state index contributed by atoms with van der Waals surface area (Å²) in [6.45, 7) is 4.33. The first-order chi connectivity index (χ1) is 13.0. The van der Waals surface area contributed by atoms with Crippen molar-refractivity contribution in [3.05, 3.63) is 65.1 Å². The summed E-state index contributed by atoms with van der Waals surface area (Å²) in [5.74, 6) is 0.473. The molecule has 1 heterocycles. The second-order valence-electron chi connectivity index (χ2n) is 6.09. The molecule has 0 unspecified atom stereocenters. The maximum Gasteiger partial charge on any atom is 0.270 e. The Morgan fingerprint density at radius 1 is 1.22 bits per heavy atom. The fraction of sp³-hybridized carbons (Fsp3) is 0.238. The van der Waals surface area contributed by atoms with Gasteiger partial charge in [-0.15, -0.1) is 0 Å². The molecule has 140 valence electrons. The van der Waals surface area contributed by atoms with E-state index in [1.165, 1.54) is 12.1 Å². The lowest BCUT2D eigenvalue weighted by Gasteiger charge is -2.12. The number of carbonyl (C=O) groups excluding carboxylic acids is 1. The van der Waals surface area contributed by atoms with Gasteiger partial charge in [-0.05, 0) is 49.2 Å². The molecule has 1 aromatic heterocycles. The predicted molar refractivity (Wildman–Crippen MR) is 102 cm³/mol. The third-order valence-electron chi connectivity index (χ3n) is 4.15. The first kappa shape index (κ1) is 18.6. The van der Waals surface area contributed by atoms with Crippen molar-refractivity contribution in [1.29, 1.82) is 0 Å². The predicted octanol–water partition coefficient (Wildman–Crippen LogP) is 4.02. The van der Waals surface area contributed by atoms with Crippen LogP contribution in [0, 0.1) is 12.7 Å². The minimum atomic E-state index is -0.363. The summed E-state index contributed by atoms with van der Waals surface area (Å²) in [6, 6.07) is 11.8. The topological polar surface area (TPSA) is 60.5 Å². The maximum absolute atomic E-state index is 13.8. The lowest BCUT2D eigenvalue weighted by atomic mass is 10.1. The molecule has 0 aliphatic carbocycles. The van der Waals surface area contributed by atoms with Crippen molar-refractivity contribution in [3.63, 3.8) is 0 Å². The number of aromatic nitrogens is 1. The van der Waals surface area contributed by atoms with Crippen LogP contribution in [0.5, 0.6) is 11.5 Å². The molecular formula is C21H21FN2O3. The van der Waals surface area contributed by atoms with E-state index >= 15 is 0 Å². The van der Waals surface area contributed by atoms with E-state index in [1.807, 2.05) is 31.2 Å². The van der Waals surface area contributed by atoms with Gasteiger partial charge in [0.2, 0.25) is 0 Å². The van der Waals surface area contributed by atoms with Crippen LogP contribution < -0.4 is 14.8 Å². The number of rotatable bonds is 6. The summed E-state index contributed by atoms with van der Waals surface area (Å²) in [6.07, 6.45) is 0. The van der Waals surface area contributed by atoms with Crippen LogP contribution in [0.15, 0.2) is 42.5 Å². The van der Waals surface area contributed by atoms with E-state index in [0.717, 1.165) is 11.3 Å². The van der Waals surface area contributed by atoms with E-state index in [1.54, 1.807) is 20.1 Å². The average Bonchev–Trinajstić information content (AvgIpc) is 2.67. The molecule has 6 heteroatoms. The Bertz CT molecular complexity index is 989. The zero-order valence-electron chi connectivity index (χ0n) is 15.5. The molecule has 1 amide bonds. The first-order valence-corrected chi connectivity index (χ1v) is 8.66. The Labute approximate surface area is 157 Å². The second-order valence-corrected chi connectivity index (χ2v) is 6.09. The van der Waals surface area contributed by atoms with Crippen molar-refractivity contribution in [3.8, 4) is 11.5 Å². The fourth-order valence-corrected chi connectivity index (χ4v) is 2.87. The molecule has 0 aliphatic rings. The Hall–Kier alpha value is -3.15. The minimum Gasteiger partial charge on any atom is -0.497 e. The van der Waals surface area contributed by atoms with Crippen LogP contribution in [0.25, 0.3) is 10.9 Å². The number of amides is 1. The molecular weight excluding hydrogens is 347 g/mol. The van der Waals surface area contributed by atoms with Gasteiger partial charge in [0.1, 0.15) is 23.0 Å². The molecule has 0 aliphatic heterocycles. The zero-order valence-corrected chi connectivity index (χ0v) is 15.5. The second kappa shape index (κ2) is 8.03. The minimum absolute atomic E-state index is 0.226. The lowest BCUT2D eigenvalue weighted by molar-refractivity contribution is 0.0945. The average molecular weight is 368 g/mol. The van der Waals surface area contributed by atoms with Crippen LogP contribution in [0.2, 0.25) is 0 Å². The first-order valence-electron chi connectivity index (χ1n) is 8.66. The normalized spacial score (nSPS) is 10.7. The monoisotopic (exact) mass is 368 g/mol. The van der Waals surface area contributed by atoms with Gasteiger partial charge in [-0.2, -0.15) is 0 Å². The van der Waals surface area contributed by atoms with E-state index in [0.29, 0.717) is 35.4 Å². The number of hydrogen-bond donors (Lipinski definition) is 1. The number of carbonyl (C=O) groups is 1. The van der Waals surface area contributed by atoms with Gasteiger partial charge in [0.15, 0.2) is 0 Å². The highest BCUT2D eigenvalue weighted by Gasteiger charge is 2.15. The summed E-state index contributed by atoms with van der Waals surface area (Å²) in [4.78, 5) is 17.0. The van der Waals surface area contributed by atoms with Crippen molar-refractivity contribution < 1.29 is 18.7 Å². The van der Waals surface area contributed by atoms with Crippen LogP contribution in [-0.2, 0) is 6.54 Å². The smallest absolute Gasteiger partial charge is 0.270 e. The highest BCUT2D eigenvalue weighted by Crippen LogP contribution is 2.29. The van der Waals surface area contributed by atoms with Crippen molar-refractivity contribution in [2.75, 3.05) is 13.7 Å². The molecule has 2 aromatic carbocycles. The molecule has 27 heavy (non-hydrogen) atoms. The van der Waals surface area contributed by atoms with Crippen LogP contribution in [0.1, 0.15) is 28.5 Å². The number of hydrogen-bond acceptors (Lipinski definition) is 4. The zero-order chi connectivity index (χ0) is 19.4. The molecule has 3 rings (SSSR count). The summed E-state index contributed by atoms with van der Waals surface area (Å²) >= 11 is 0. The van der Waals surface area contributed by atoms with Crippen molar-refractivity contribution >= 4 is 16.8 Å². The Balaban J connectivity index is 1.89. The number of ether oxygens (including phenoxy) is 2. The van der Waals surface area contributed by atoms with E-state index in [9.17, 15) is 9.18 Å². The van der Waals surface area contributed by atoms with Gasteiger partial charge in [-0.25, -0.2) is 9.37 Å². The number of fused-ring (bicyclic) bond motifs is 1. The molecule has 0 fully saturated rings. The molecule has 0 saturated heterocycles. The van der Waals surface area contributed by atoms with Gasteiger partial charge in [-0.3, -0.25) is 4.79 Å². The number of halogens is 1. The van der Waals surface area contributed by atoms with Gasteiger partial charge in [-0.1, -0.05) is 12.1 Å². The largest absolute Gasteiger partial charge is 0.497 e. The SMILES string of the molecule is CCOc1cc(C(=O)NCc2cccc(OC)c2)nc2c(C)cc(F)cc12. The Kier molecular flexibility index (Phi) is 5.54. The van der Waals surface area contributed by atoms with E-state index < -0.39 is 0 Å². The summed E-state index contributed by atoms with van der Waals surface area (Å²) < 4.78 is 24.6. The molecule has 0 saturated carbocycles. The van der Waals surface area contributed by atoms with E-state index in [-0.39, 0.29) is 17.4 Å². The number of pyridine rings is 1. The van der Waals surface area contributed by atoms with Gasteiger partial charge in [0, 0.05) is 18.0 Å². The molecule has 0 spiro atoms. The number of nitrogens with one attached hydrogen (secondary N) is 1. The molecule has 3 aromatic rings. The quantitative estimate of drug-likeness (QED) is 0.714. The van der Waals surface area contributed by atoms with Crippen molar-refractivity contribution in [2.24, 2.45) is 0 Å². The summed E-state index contributed by atoms with van der Waals surface area (Å²) in [5, 5.41) is 3.40. The summed E-state index contributed by atoms with van der Waals surface area (Å²) in [7, 11) is 1.59. The third kappa shape index (κ3) is 4.16.